The Morgan fingerprint density at radius 1 is 0.963 bits per heavy atom. The van der Waals surface area contributed by atoms with Gasteiger partial charge in [-0.3, -0.25) is 14.9 Å². The van der Waals surface area contributed by atoms with E-state index in [-0.39, 0.29) is 0 Å². The van der Waals surface area contributed by atoms with Gasteiger partial charge in [0, 0.05) is 24.8 Å². The fourth-order valence-corrected chi connectivity index (χ4v) is 5.20. The molecule has 0 radical (unpaired) electrons. The SMILES string of the molecule is ClCc1ccnc2cc(-c3ccc(CN4CCCCCCCC4)cn3)sc12. The van der Waals surface area contributed by atoms with Crippen LogP contribution in [0.5, 0.6) is 0 Å². The largest absolute Gasteiger partial charge is 0.299 e. The number of hydrogen-bond acceptors (Lipinski definition) is 4. The molecule has 5 heteroatoms. The summed E-state index contributed by atoms with van der Waals surface area (Å²) >= 11 is 7.80. The van der Waals surface area contributed by atoms with Crippen molar-refractivity contribution in [3.8, 4) is 10.6 Å². The fourth-order valence-electron chi connectivity index (χ4n) is 3.79. The maximum absolute atomic E-state index is 6.07. The van der Waals surface area contributed by atoms with Crippen LogP contribution in [-0.4, -0.2) is 28.0 Å². The number of hydrogen-bond donors (Lipinski definition) is 0. The van der Waals surface area contributed by atoms with E-state index >= 15 is 0 Å². The van der Waals surface area contributed by atoms with Crippen molar-refractivity contribution in [3.05, 3.63) is 47.8 Å². The van der Waals surface area contributed by atoms with E-state index in [0.717, 1.165) is 28.2 Å². The topological polar surface area (TPSA) is 29.0 Å². The summed E-state index contributed by atoms with van der Waals surface area (Å²) in [6.45, 7) is 3.44. The molecule has 1 aliphatic rings. The number of thiophene rings is 1. The zero-order valence-electron chi connectivity index (χ0n) is 15.7. The Hall–Kier alpha value is -1.49. The van der Waals surface area contributed by atoms with Gasteiger partial charge in [0.1, 0.15) is 0 Å². The van der Waals surface area contributed by atoms with Gasteiger partial charge in [0.15, 0.2) is 0 Å². The van der Waals surface area contributed by atoms with Crippen LogP contribution < -0.4 is 0 Å². The zero-order valence-corrected chi connectivity index (χ0v) is 17.2. The predicted molar refractivity (Wildman–Crippen MR) is 115 cm³/mol. The predicted octanol–water partition coefficient (Wildman–Crippen LogP) is 6.25. The van der Waals surface area contributed by atoms with Gasteiger partial charge in [-0.1, -0.05) is 31.7 Å². The molecule has 0 bridgehead atoms. The third kappa shape index (κ3) is 4.68. The summed E-state index contributed by atoms with van der Waals surface area (Å²) in [4.78, 5) is 13.0. The first-order valence-corrected chi connectivity index (χ1v) is 11.3. The van der Waals surface area contributed by atoms with Gasteiger partial charge in [-0.15, -0.1) is 22.9 Å². The molecular formula is C22H26ClN3S. The molecule has 0 unspecified atom stereocenters. The minimum Gasteiger partial charge on any atom is -0.299 e. The van der Waals surface area contributed by atoms with Crippen LogP contribution in [0.2, 0.25) is 0 Å². The van der Waals surface area contributed by atoms with Crippen molar-refractivity contribution in [3.63, 3.8) is 0 Å². The Bertz CT molecular complexity index is 865. The number of alkyl halides is 1. The van der Waals surface area contributed by atoms with E-state index in [1.54, 1.807) is 11.3 Å². The van der Waals surface area contributed by atoms with Gasteiger partial charge >= 0.3 is 0 Å². The third-order valence-electron chi connectivity index (χ3n) is 5.32. The van der Waals surface area contributed by atoms with Crippen LogP contribution in [0.1, 0.15) is 49.7 Å². The van der Waals surface area contributed by atoms with Gasteiger partial charge in [-0.05, 0) is 55.3 Å². The first-order valence-electron chi connectivity index (χ1n) is 9.94. The Balaban J connectivity index is 1.48. The molecule has 3 aromatic rings. The summed E-state index contributed by atoms with van der Waals surface area (Å²) < 4.78 is 1.17. The molecule has 27 heavy (non-hydrogen) atoms. The molecule has 1 fully saturated rings. The molecule has 0 spiro atoms. The van der Waals surface area contributed by atoms with Gasteiger partial charge in [0.2, 0.25) is 0 Å². The van der Waals surface area contributed by atoms with Gasteiger partial charge in [-0.2, -0.15) is 0 Å². The Kier molecular flexibility index (Phi) is 6.38. The lowest BCUT2D eigenvalue weighted by Crippen LogP contribution is -2.25. The average molecular weight is 400 g/mol. The van der Waals surface area contributed by atoms with Crippen LogP contribution in [0, 0.1) is 0 Å². The van der Waals surface area contributed by atoms with Gasteiger partial charge in [0.25, 0.3) is 0 Å². The molecule has 4 heterocycles. The third-order valence-corrected chi connectivity index (χ3v) is 6.83. The lowest BCUT2D eigenvalue weighted by atomic mass is 10.1. The van der Waals surface area contributed by atoms with Crippen LogP contribution >= 0.6 is 22.9 Å². The normalized spacial score (nSPS) is 16.8. The smallest absolute Gasteiger partial charge is 0.0819 e. The summed E-state index contributed by atoms with van der Waals surface area (Å²) in [6.07, 6.45) is 12.1. The minimum atomic E-state index is 0.515. The Labute approximate surface area is 170 Å². The van der Waals surface area contributed by atoms with E-state index in [1.807, 2.05) is 18.5 Å². The summed E-state index contributed by atoms with van der Waals surface area (Å²) in [5.74, 6) is 0.515. The van der Waals surface area contributed by atoms with Crippen molar-refractivity contribution in [1.29, 1.82) is 0 Å². The summed E-state index contributed by atoms with van der Waals surface area (Å²) in [5, 5.41) is 0. The zero-order chi connectivity index (χ0) is 18.5. The van der Waals surface area contributed by atoms with E-state index in [9.17, 15) is 0 Å². The van der Waals surface area contributed by atoms with E-state index < -0.39 is 0 Å². The number of nitrogens with zero attached hydrogens (tertiary/aromatic N) is 3. The molecule has 0 amide bonds. The highest BCUT2D eigenvalue weighted by Crippen LogP contribution is 2.34. The van der Waals surface area contributed by atoms with Gasteiger partial charge < -0.3 is 0 Å². The minimum absolute atomic E-state index is 0.515. The standard InChI is InChI=1S/C22H26ClN3S/c23-14-18-9-10-24-20-13-21(27-22(18)20)19-8-7-17(15-25-19)16-26-11-5-3-1-2-4-6-12-26/h7-10,13,15H,1-6,11-12,14,16H2. The highest BCUT2D eigenvalue weighted by atomic mass is 35.5. The van der Waals surface area contributed by atoms with Gasteiger partial charge in [-0.25, -0.2) is 0 Å². The highest BCUT2D eigenvalue weighted by molar-refractivity contribution is 7.22. The van der Waals surface area contributed by atoms with Crippen molar-refractivity contribution in [1.82, 2.24) is 14.9 Å². The Morgan fingerprint density at radius 3 is 2.44 bits per heavy atom. The van der Waals surface area contributed by atoms with Gasteiger partial charge in [0.05, 0.1) is 20.8 Å². The number of fused-ring (bicyclic) bond motifs is 1. The number of aromatic nitrogens is 2. The maximum atomic E-state index is 6.07. The van der Waals surface area contributed by atoms with Crippen LogP contribution in [0.4, 0.5) is 0 Å². The molecule has 0 N–H and O–H groups in total. The number of pyridine rings is 2. The van der Waals surface area contributed by atoms with Crippen molar-refractivity contribution in [2.24, 2.45) is 0 Å². The first-order chi connectivity index (χ1) is 13.3. The van der Waals surface area contributed by atoms with E-state index in [1.165, 1.54) is 61.9 Å². The summed E-state index contributed by atoms with van der Waals surface area (Å²) in [5.41, 5.74) is 4.48. The molecular weight excluding hydrogens is 374 g/mol. The molecule has 3 aromatic heterocycles. The molecule has 142 valence electrons. The molecule has 1 aliphatic heterocycles. The number of halogens is 1. The lowest BCUT2D eigenvalue weighted by Gasteiger charge is -2.21. The van der Waals surface area contributed by atoms with Crippen molar-refractivity contribution in [2.75, 3.05) is 13.1 Å². The average Bonchev–Trinajstić information content (AvgIpc) is 3.18. The van der Waals surface area contributed by atoms with Crippen LogP contribution in [0.25, 0.3) is 20.8 Å². The molecule has 0 saturated carbocycles. The lowest BCUT2D eigenvalue weighted by molar-refractivity contribution is 0.260. The molecule has 0 aromatic carbocycles. The highest BCUT2D eigenvalue weighted by Gasteiger charge is 2.11. The molecule has 3 nitrogen and oxygen atoms in total. The fraction of sp³-hybridized carbons (Fsp3) is 0.455. The molecule has 0 aliphatic carbocycles. The van der Waals surface area contributed by atoms with E-state index in [4.69, 9.17) is 16.6 Å². The van der Waals surface area contributed by atoms with Crippen molar-refractivity contribution >= 4 is 33.2 Å². The maximum Gasteiger partial charge on any atom is 0.0819 e. The Morgan fingerprint density at radius 2 is 1.74 bits per heavy atom. The van der Waals surface area contributed by atoms with Crippen LogP contribution in [-0.2, 0) is 12.4 Å². The second-order valence-corrected chi connectivity index (χ2v) is 8.70. The second-order valence-electron chi connectivity index (χ2n) is 7.38. The molecule has 1 saturated heterocycles. The quantitative estimate of drug-likeness (QED) is 0.485. The van der Waals surface area contributed by atoms with Crippen LogP contribution in [0.15, 0.2) is 36.7 Å². The van der Waals surface area contributed by atoms with E-state index in [2.05, 4.69) is 28.1 Å². The summed E-state index contributed by atoms with van der Waals surface area (Å²) in [6, 6.07) is 8.50. The monoisotopic (exact) mass is 399 g/mol. The summed E-state index contributed by atoms with van der Waals surface area (Å²) in [7, 11) is 0. The second kappa shape index (κ2) is 9.13. The van der Waals surface area contributed by atoms with E-state index in [0.29, 0.717) is 5.88 Å². The number of rotatable bonds is 4. The first kappa shape index (κ1) is 18.9. The molecule has 0 atom stereocenters. The van der Waals surface area contributed by atoms with Crippen molar-refractivity contribution in [2.45, 2.75) is 50.9 Å². The van der Waals surface area contributed by atoms with Crippen molar-refractivity contribution < 1.29 is 0 Å². The van der Waals surface area contributed by atoms with Crippen LogP contribution in [0.3, 0.4) is 0 Å². The molecule has 4 rings (SSSR count).